The van der Waals surface area contributed by atoms with E-state index in [9.17, 15) is 9.59 Å². The van der Waals surface area contributed by atoms with Crippen LogP contribution in [-0.4, -0.2) is 41.4 Å². The summed E-state index contributed by atoms with van der Waals surface area (Å²) in [6.45, 7) is 4.58. The molecular formula is C28H42N2O2. The maximum atomic E-state index is 14.1. The van der Waals surface area contributed by atoms with Gasteiger partial charge in [-0.1, -0.05) is 6.92 Å². The van der Waals surface area contributed by atoms with Gasteiger partial charge in [-0.05, 0) is 125 Å². The van der Waals surface area contributed by atoms with Crippen LogP contribution in [0.3, 0.4) is 0 Å². The molecule has 0 unspecified atom stereocenters. The number of carbonyl (C=O) groups excluding carboxylic acids is 2. The average Bonchev–Trinajstić information content (AvgIpc) is 2.76. The summed E-state index contributed by atoms with van der Waals surface area (Å²) in [5.74, 6) is 6.06. The quantitative estimate of drug-likeness (QED) is 0.617. The molecule has 0 aromatic carbocycles. The van der Waals surface area contributed by atoms with Crippen LogP contribution >= 0.6 is 0 Å². The van der Waals surface area contributed by atoms with Crippen LogP contribution in [0.1, 0.15) is 90.4 Å². The molecule has 1 saturated heterocycles. The standard InChI is InChI=1S/C28H42N2O2/c1-2-18-15-29(25(31)27-9-19-3-20(10-27)5-21(4-19)11-27)17-30(16-18)26(32)28-12-22-6-23(13-28)8-24(7-22)14-28/h18-24H,2-17H2,1H3. The SMILES string of the molecule is CCC1CN(C(=O)C23CC4CC(CC(C4)C2)C3)CN(C(=O)C23CC4CC(CC(C4)C2)C3)C1. The summed E-state index contributed by atoms with van der Waals surface area (Å²) < 4.78 is 0. The van der Waals surface area contributed by atoms with Gasteiger partial charge in [0.25, 0.3) is 0 Å². The van der Waals surface area contributed by atoms with Gasteiger partial charge >= 0.3 is 0 Å². The predicted octanol–water partition coefficient (Wildman–Crippen LogP) is 5.07. The largest absolute Gasteiger partial charge is 0.324 e. The molecule has 0 N–H and O–H groups in total. The van der Waals surface area contributed by atoms with E-state index in [4.69, 9.17) is 0 Å². The van der Waals surface area contributed by atoms with Gasteiger partial charge in [-0.25, -0.2) is 0 Å². The highest BCUT2D eigenvalue weighted by atomic mass is 16.2. The molecular weight excluding hydrogens is 396 g/mol. The highest BCUT2D eigenvalue weighted by Gasteiger charge is 2.58. The topological polar surface area (TPSA) is 40.6 Å². The molecule has 0 aromatic heterocycles. The van der Waals surface area contributed by atoms with Crippen molar-refractivity contribution >= 4 is 11.8 Å². The maximum absolute atomic E-state index is 14.1. The third-order valence-electron chi connectivity index (χ3n) is 11.4. The molecule has 8 bridgehead atoms. The molecule has 4 nitrogen and oxygen atoms in total. The van der Waals surface area contributed by atoms with Crippen molar-refractivity contribution in [2.24, 2.45) is 52.3 Å². The van der Waals surface area contributed by atoms with Gasteiger partial charge < -0.3 is 9.80 Å². The molecule has 8 saturated carbocycles. The molecule has 2 amide bonds. The van der Waals surface area contributed by atoms with Crippen molar-refractivity contribution in [2.45, 2.75) is 90.4 Å². The molecule has 9 rings (SSSR count). The summed E-state index contributed by atoms with van der Waals surface area (Å²) >= 11 is 0. The lowest BCUT2D eigenvalue weighted by molar-refractivity contribution is -0.172. The van der Waals surface area contributed by atoms with Gasteiger partial charge in [0.1, 0.15) is 0 Å². The first-order valence-corrected chi connectivity index (χ1v) is 14.0. The van der Waals surface area contributed by atoms with Gasteiger partial charge in [0.05, 0.1) is 17.5 Å². The van der Waals surface area contributed by atoms with Gasteiger partial charge in [-0.2, -0.15) is 0 Å². The highest BCUT2D eigenvalue weighted by Crippen LogP contribution is 2.62. The minimum Gasteiger partial charge on any atom is -0.324 e. The Morgan fingerprint density at radius 3 is 1.22 bits per heavy atom. The van der Waals surface area contributed by atoms with E-state index in [0.29, 0.717) is 24.4 Å². The Labute approximate surface area is 193 Å². The fraction of sp³-hybridized carbons (Fsp3) is 0.929. The molecule has 0 atom stereocenters. The number of hydrogen-bond donors (Lipinski definition) is 0. The Morgan fingerprint density at radius 2 is 0.938 bits per heavy atom. The smallest absolute Gasteiger partial charge is 0.230 e. The Hall–Kier alpha value is -1.06. The van der Waals surface area contributed by atoms with Crippen LogP contribution in [0.15, 0.2) is 0 Å². The number of amides is 2. The normalized spacial score (nSPS) is 50.8. The molecule has 1 aliphatic heterocycles. The minimum atomic E-state index is -0.0835. The van der Waals surface area contributed by atoms with Gasteiger partial charge in [0.2, 0.25) is 11.8 Å². The highest BCUT2D eigenvalue weighted by molar-refractivity contribution is 5.86. The Bertz CT molecular complexity index is 684. The van der Waals surface area contributed by atoms with E-state index < -0.39 is 0 Å². The molecule has 0 spiro atoms. The lowest BCUT2D eigenvalue weighted by Gasteiger charge is -2.58. The lowest BCUT2D eigenvalue weighted by atomic mass is 9.49. The molecule has 4 heteroatoms. The van der Waals surface area contributed by atoms with E-state index >= 15 is 0 Å². The number of nitrogens with zero attached hydrogens (tertiary/aromatic N) is 2. The number of hydrogen-bond acceptors (Lipinski definition) is 2. The minimum absolute atomic E-state index is 0.0835. The van der Waals surface area contributed by atoms with Crippen molar-refractivity contribution in [3.8, 4) is 0 Å². The summed E-state index contributed by atoms with van der Waals surface area (Å²) in [7, 11) is 0. The van der Waals surface area contributed by atoms with Crippen LogP contribution in [0.5, 0.6) is 0 Å². The van der Waals surface area contributed by atoms with Crippen LogP contribution < -0.4 is 0 Å². The molecule has 9 aliphatic rings. The van der Waals surface area contributed by atoms with Gasteiger partial charge in [-0.15, -0.1) is 0 Å². The van der Waals surface area contributed by atoms with Crippen molar-refractivity contribution in [3.63, 3.8) is 0 Å². The molecule has 1 heterocycles. The zero-order chi connectivity index (χ0) is 21.7. The van der Waals surface area contributed by atoms with Crippen LogP contribution in [0.4, 0.5) is 0 Å². The zero-order valence-electron chi connectivity index (χ0n) is 20.1. The van der Waals surface area contributed by atoms with Crippen LogP contribution in [0.25, 0.3) is 0 Å². The van der Waals surface area contributed by atoms with E-state index in [1.165, 1.54) is 38.5 Å². The van der Waals surface area contributed by atoms with Gasteiger partial charge in [0.15, 0.2) is 0 Å². The van der Waals surface area contributed by atoms with Crippen molar-refractivity contribution in [1.82, 2.24) is 9.80 Å². The molecule has 8 aliphatic carbocycles. The van der Waals surface area contributed by atoms with E-state index in [0.717, 1.165) is 93.5 Å². The van der Waals surface area contributed by atoms with Gasteiger partial charge in [0, 0.05) is 13.1 Å². The van der Waals surface area contributed by atoms with Crippen molar-refractivity contribution in [2.75, 3.05) is 19.8 Å². The van der Waals surface area contributed by atoms with Crippen LogP contribution in [0, 0.1) is 52.3 Å². The first-order chi connectivity index (χ1) is 15.4. The first kappa shape index (κ1) is 20.3. The lowest BCUT2D eigenvalue weighted by Crippen LogP contribution is -2.63. The Morgan fingerprint density at radius 1 is 0.625 bits per heavy atom. The van der Waals surface area contributed by atoms with E-state index in [1.807, 2.05) is 0 Å². The van der Waals surface area contributed by atoms with Gasteiger partial charge in [-0.3, -0.25) is 9.59 Å². The third-order valence-corrected chi connectivity index (χ3v) is 11.4. The zero-order valence-corrected chi connectivity index (χ0v) is 20.1. The second-order valence-corrected chi connectivity index (χ2v) is 13.9. The molecule has 32 heavy (non-hydrogen) atoms. The van der Waals surface area contributed by atoms with E-state index in [1.54, 1.807) is 0 Å². The predicted molar refractivity (Wildman–Crippen MR) is 123 cm³/mol. The van der Waals surface area contributed by atoms with Crippen molar-refractivity contribution in [3.05, 3.63) is 0 Å². The fourth-order valence-corrected chi connectivity index (χ4v) is 11.0. The molecule has 9 fully saturated rings. The summed E-state index contributed by atoms with van der Waals surface area (Å²) in [5, 5.41) is 0. The van der Waals surface area contributed by atoms with Crippen LogP contribution in [0.2, 0.25) is 0 Å². The Kier molecular flexibility index (Phi) is 4.43. The summed E-state index contributed by atoms with van der Waals surface area (Å²) in [6, 6.07) is 0. The molecule has 0 aromatic rings. The summed E-state index contributed by atoms with van der Waals surface area (Å²) in [5.41, 5.74) is -0.167. The number of carbonyl (C=O) groups is 2. The van der Waals surface area contributed by atoms with E-state index in [2.05, 4.69) is 16.7 Å². The van der Waals surface area contributed by atoms with Crippen molar-refractivity contribution < 1.29 is 9.59 Å². The summed E-state index contributed by atoms with van der Waals surface area (Å²) in [4.78, 5) is 32.6. The molecule has 0 radical (unpaired) electrons. The van der Waals surface area contributed by atoms with E-state index in [-0.39, 0.29) is 10.8 Å². The monoisotopic (exact) mass is 438 g/mol. The molecule has 176 valence electrons. The number of rotatable bonds is 3. The first-order valence-electron chi connectivity index (χ1n) is 14.0. The average molecular weight is 439 g/mol. The second-order valence-electron chi connectivity index (χ2n) is 13.9. The van der Waals surface area contributed by atoms with Crippen molar-refractivity contribution in [1.29, 1.82) is 0 Å². The third kappa shape index (κ3) is 2.99. The summed E-state index contributed by atoms with van der Waals surface area (Å²) in [6.07, 6.45) is 16.1. The maximum Gasteiger partial charge on any atom is 0.230 e. The second kappa shape index (κ2) is 6.98. The van der Waals surface area contributed by atoms with Crippen LogP contribution in [-0.2, 0) is 9.59 Å². The Balaban J connectivity index is 1.13. The fourth-order valence-electron chi connectivity index (χ4n) is 11.0.